The van der Waals surface area contributed by atoms with Crippen LogP contribution in [0.15, 0.2) is 60.7 Å². The molecule has 0 spiro atoms. The van der Waals surface area contributed by atoms with E-state index in [-0.39, 0.29) is 11.9 Å². The number of benzene rings is 2. The SMILES string of the molecule is CC(CCc1ccccc1)NC(=O)/C=C/c1cccc(C(F)(F)F)c1. The number of amides is 1. The van der Waals surface area contributed by atoms with Gasteiger partial charge in [0.05, 0.1) is 5.56 Å². The molecule has 0 aliphatic rings. The van der Waals surface area contributed by atoms with E-state index < -0.39 is 11.7 Å². The molecule has 25 heavy (non-hydrogen) atoms. The van der Waals surface area contributed by atoms with Gasteiger partial charge in [-0.05, 0) is 49.1 Å². The van der Waals surface area contributed by atoms with Crippen molar-refractivity contribution in [3.05, 3.63) is 77.4 Å². The van der Waals surface area contributed by atoms with Gasteiger partial charge in [0.15, 0.2) is 0 Å². The number of carbonyl (C=O) groups excluding carboxylic acids is 1. The lowest BCUT2D eigenvalue weighted by atomic mass is 10.1. The van der Waals surface area contributed by atoms with Crippen molar-refractivity contribution in [2.24, 2.45) is 0 Å². The van der Waals surface area contributed by atoms with Crippen LogP contribution in [0.5, 0.6) is 0 Å². The number of alkyl halides is 3. The zero-order valence-corrected chi connectivity index (χ0v) is 13.9. The third-order valence-electron chi connectivity index (χ3n) is 3.74. The minimum atomic E-state index is -4.39. The van der Waals surface area contributed by atoms with Crippen LogP contribution in [-0.4, -0.2) is 11.9 Å². The van der Waals surface area contributed by atoms with Crippen LogP contribution >= 0.6 is 0 Å². The van der Waals surface area contributed by atoms with Gasteiger partial charge in [0.1, 0.15) is 0 Å². The Morgan fingerprint density at radius 2 is 1.84 bits per heavy atom. The van der Waals surface area contributed by atoms with Gasteiger partial charge in [0.2, 0.25) is 5.91 Å². The number of nitrogens with one attached hydrogen (secondary N) is 1. The minimum Gasteiger partial charge on any atom is -0.350 e. The average Bonchev–Trinajstić information content (AvgIpc) is 2.59. The van der Waals surface area contributed by atoms with E-state index in [1.54, 1.807) is 0 Å². The third-order valence-corrected chi connectivity index (χ3v) is 3.74. The molecule has 0 fully saturated rings. The summed E-state index contributed by atoms with van der Waals surface area (Å²) in [7, 11) is 0. The Morgan fingerprint density at radius 3 is 2.52 bits per heavy atom. The van der Waals surface area contributed by atoms with Gasteiger partial charge in [-0.3, -0.25) is 4.79 Å². The largest absolute Gasteiger partial charge is 0.416 e. The lowest BCUT2D eigenvalue weighted by Gasteiger charge is -2.12. The summed E-state index contributed by atoms with van der Waals surface area (Å²) in [4.78, 5) is 11.9. The minimum absolute atomic E-state index is 0.0288. The first-order valence-electron chi connectivity index (χ1n) is 8.04. The Balaban J connectivity index is 1.86. The summed E-state index contributed by atoms with van der Waals surface area (Å²) in [5.74, 6) is -0.321. The predicted octanol–water partition coefficient (Wildman–Crippen LogP) is 4.86. The number of halogens is 3. The molecule has 0 heterocycles. The van der Waals surface area contributed by atoms with Crippen LogP contribution in [0.25, 0.3) is 6.08 Å². The quantitative estimate of drug-likeness (QED) is 0.743. The zero-order valence-electron chi connectivity index (χ0n) is 13.9. The summed E-state index contributed by atoms with van der Waals surface area (Å²) in [5.41, 5.74) is 0.802. The molecule has 2 nitrogen and oxygen atoms in total. The number of carbonyl (C=O) groups is 1. The van der Waals surface area contributed by atoms with Crippen molar-refractivity contribution in [3.63, 3.8) is 0 Å². The first-order chi connectivity index (χ1) is 11.8. The highest BCUT2D eigenvalue weighted by molar-refractivity contribution is 5.91. The van der Waals surface area contributed by atoms with Gasteiger partial charge >= 0.3 is 6.18 Å². The second-order valence-electron chi connectivity index (χ2n) is 5.89. The summed E-state index contributed by atoms with van der Waals surface area (Å²) < 4.78 is 38.0. The molecule has 0 aliphatic carbocycles. The highest BCUT2D eigenvalue weighted by atomic mass is 19.4. The van der Waals surface area contributed by atoms with E-state index in [2.05, 4.69) is 5.32 Å². The van der Waals surface area contributed by atoms with E-state index in [9.17, 15) is 18.0 Å². The lowest BCUT2D eigenvalue weighted by Crippen LogP contribution is -2.31. The molecule has 0 aromatic heterocycles. The number of hydrogen-bond acceptors (Lipinski definition) is 1. The van der Waals surface area contributed by atoms with Crippen LogP contribution in [-0.2, 0) is 17.4 Å². The molecule has 0 aliphatic heterocycles. The molecule has 0 bridgehead atoms. The van der Waals surface area contributed by atoms with Crippen LogP contribution in [0.3, 0.4) is 0 Å². The summed E-state index contributed by atoms with van der Waals surface area (Å²) in [6.07, 6.45) is -0.117. The standard InChI is InChI=1S/C20H20F3NO/c1-15(10-11-16-6-3-2-4-7-16)24-19(25)13-12-17-8-5-9-18(14-17)20(21,22)23/h2-9,12-15H,10-11H2,1H3,(H,24,25)/b13-12+. The Labute approximate surface area is 145 Å². The van der Waals surface area contributed by atoms with Crippen molar-refractivity contribution in [2.45, 2.75) is 32.0 Å². The topological polar surface area (TPSA) is 29.1 Å². The molecular formula is C20H20F3NO. The van der Waals surface area contributed by atoms with E-state index in [0.717, 1.165) is 25.0 Å². The predicted molar refractivity (Wildman–Crippen MR) is 92.8 cm³/mol. The van der Waals surface area contributed by atoms with E-state index in [1.165, 1.54) is 29.8 Å². The van der Waals surface area contributed by atoms with Crippen LogP contribution in [0.2, 0.25) is 0 Å². The summed E-state index contributed by atoms with van der Waals surface area (Å²) >= 11 is 0. The van der Waals surface area contributed by atoms with Crippen molar-refractivity contribution in [1.29, 1.82) is 0 Å². The fourth-order valence-electron chi connectivity index (χ4n) is 2.38. The molecule has 2 rings (SSSR count). The molecule has 132 valence electrons. The Bertz CT molecular complexity index is 723. The van der Waals surface area contributed by atoms with E-state index in [1.807, 2.05) is 37.3 Å². The maximum absolute atomic E-state index is 12.7. The van der Waals surface area contributed by atoms with Crippen molar-refractivity contribution in [2.75, 3.05) is 0 Å². The number of rotatable bonds is 6. The maximum atomic E-state index is 12.7. The molecule has 1 amide bonds. The highest BCUT2D eigenvalue weighted by Gasteiger charge is 2.30. The van der Waals surface area contributed by atoms with Gasteiger partial charge < -0.3 is 5.32 Å². The van der Waals surface area contributed by atoms with E-state index in [4.69, 9.17) is 0 Å². The highest BCUT2D eigenvalue weighted by Crippen LogP contribution is 2.29. The smallest absolute Gasteiger partial charge is 0.350 e. The molecule has 2 aromatic carbocycles. The van der Waals surface area contributed by atoms with Crippen molar-refractivity contribution in [1.82, 2.24) is 5.32 Å². The third kappa shape index (κ3) is 6.45. The fraction of sp³-hybridized carbons (Fsp3) is 0.250. The Morgan fingerprint density at radius 1 is 1.12 bits per heavy atom. The fourth-order valence-corrected chi connectivity index (χ4v) is 2.38. The van der Waals surface area contributed by atoms with Crippen LogP contribution < -0.4 is 5.32 Å². The molecule has 1 unspecified atom stereocenters. The molecule has 5 heteroatoms. The number of aryl methyl sites for hydroxylation is 1. The summed E-state index contributed by atoms with van der Waals surface area (Å²) in [6.45, 7) is 1.90. The second-order valence-corrected chi connectivity index (χ2v) is 5.89. The second kappa shape index (κ2) is 8.51. The summed E-state index contributed by atoms with van der Waals surface area (Å²) in [6, 6.07) is 14.8. The average molecular weight is 347 g/mol. The van der Waals surface area contributed by atoms with Gasteiger partial charge in [-0.15, -0.1) is 0 Å². The van der Waals surface area contributed by atoms with E-state index >= 15 is 0 Å². The molecule has 1 N–H and O–H groups in total. The van der Waals surface area contributed by atoms with Crippen LogP contribution in [0, 0.1) is 0 Å². The first-order valence-corrected chi connectivity index (χ1v) is 8.04. The number of hydrogen-bond donors (Lipinski definition) is 1. The first kappa shape index (κ1) is 18.8. The van der Waals surface area contributed by atoms with Gasteiger partial charge in [-0.25, -0.2) is 0 Å². The lowest BCUT2D eigenvalue weighted by molar-refractivity contribution is -0.137. The van der Waals surface area contributed by atoms with Crippen molar-refractivity contribution < 1.29 is 18.0 Å². The monoisotopic (exact) mass is 347 g/mol. The van der Waals surface area contributed by atoms with Crippen molar-refractivity contribution >= 4 is 12.0 Å². The van der Waals surface area contributed by atoms with Crippen LogP contribution in [0.4, 0.5) is 13.2 Å². The Kier molecular flexibility index (Phi) is 6.39. The molecule has 0 saturated heterocycles. The van der Waals surface area contributed by atoms with Crippen molar-refractivity contribution in [3.8, 4) is 0 Å². The maximum Gasteiger partial charge on any atom is 0.416 e. The zero-order chi connectivity index (χ0) is 18.3. The van der Waals surface area contributed by atoms with E-state index in [0.29, 0.717) is 5.56 Å². The molecular weight excluding hydrogens is 327 g/mol. The van der Waals surface area contributed by atoms with Gasteiger partial charge in [-0.1, -0.05) is 42.5 Å². The van der Waals surface area contributed by atoms with Gasteiger partial charge in [0, 0.05) is 12.1 Å². The molecule has 0 saturated carbocycles. The van der Waals surface area contributed by atoms with Crippen LogP contribution in [0.1, 0.15) is 30.0 Å². The molecule has 0 radical (unpaired) electrons. The van der Waals surface area contributed by atoms with Gasteiger partial charge in [-0.2, -0.15) is 13.2 Å². The summed E-state index contributed by atoms with van der Waals surface area (Å²) in [5, 5.41) is 2.82. The van der Waals surface area contributed by atoms with Gasteiger partial charge in [0.25, 0.3) is 0 Å². The molecule has 1 atom stereocenters. The normalized spacial score (nSPS) is 13.0. The Hall–Kier alpha value is -2.56. The molecule has 2 aromatic rings.